The second-order valence-corrected chi connectivity index (χ2v) is 6.76. The molecule has 0 aromatic carbocycles. The van der Waals surface area contributed by atoms with Gasteiger partial charge in [0.2, 0.25) is 0 Å². The Hall–Kier alpha value is -1.75. The number of anilines is 1. The molecule has 0 amide bonds. The molecule has 0 saturated carbocycles. The summed E-state index contributed by atoms with van der Waals surface area (Å²) >= 11 is 0. The molecule has 2 aromatic heterocycles. The molecule has 2 aliphatic heterocycles. The molecule has 23 heavy (non-hydrogen) atoms. The first-order valence-corrected chi connectivity index (χ1v) is 8.97. The number of pyridine rings is 1. The lowest BCUT2D eigenvalue weighted by atomic mass is 10.0. The summed E-state index contributed by atoms with van der Waals surface area (Å²) in [6, 6.07) is 4.82. The predicted molar refractivity (Wildman–Crippen MR) is 92.6 cm³/mol. The lowest BCUT2D eigenvalue weighted by molar-refractivity contribution is 0.182. The van der Waals surface area contributed by atoms with Crippen LogP contribution in [-0.4, -0.2) is 52.1 Å². The van der Waals surface area contributed by atoms with Crippen LogP contribution in [0.3, 0.4) is 0 Å². The zero-order chi connectivity index (χ0) is 15.5. The summed E-state index contributed by atoms with van der Waals surface area (Å²) in [7, 11) is 0. The topological polar surface area (TPSA) is 45.2 Å². The minimum absolute atomic E-state index is 0.682. The number of nitrogens with zero attached hydrogens (tertiary/aromatic N) is 5. The molecule has 2 aromatic rings. The summed E-state index contributed by atoms with van der Waals surface area (Å²) in [5.41, 5.74) is 1.62. The van der Waals surface area contributed by atoms with E-state index in [-0.39, 0.29) is 0 Å². The van der Waals surface area contributed by atoms with E-state index in [1.165, 1.54) is 51.6 Å². The third-order valence-electron chi connectivity index (χ3n) is 5.19. The minimum Gasteiger partial charge on any atom is -0.355 e. The molecule has 0 aliphatic carbocycles. The van der Waals surface area contributed by atoms with Crippen LogP contribution in [0.15, 0.2) is 24.5 Å². The van der Waals surface area contributed by atoms with E-state index in [2.05, 4.69) is 25.8 Å². The molecule has 0 bridgehead atoms. The first-order chi connectivity index (χ1) is 11.4. The fraction of sp³-hybridized carbons (Fsp3) is 0.611. The maximum atomic E-state index is 4.73. The third-order valence-corrected chi connectivity index (χ3v) is 5.19. The van der Waals surface area contributed by atoms with Crippen LogP contribution < -0.4 is 4.90 Å². The van der Waals surface area contributed by atoms with Gasteiger partial charge in [-0.15, -0.1) is 0 Å². The molecule has 122 valence electrons. The Morgan fingerprint density at radius 2 is 1.70 bits per heavy atom. The standard InChI is InChI=1S/C18H25N5/c1-2-4-12-22(11-3-1)15-6-5-13-23(14-15)17-8-7-16-18(21-17)20-10-9-19-16/h7-10,15H,1-6,11-14H2/t15-/m1/s1. The highest BCUT2D eigenvalue weighted by molar-refractivity contribution is 5.71. The lowest BCUT2D eigenvalue weighted by Gasteiger charge is -2.39. The smallest absolute Gasteiger partial charge is 0.180 e. The van der Waals surface area contributed by atoms with Gasteiger partial charge in [0, 0.05) is 31.5 Å². The average Bonchev–Trinajstić information content (AvgIpc) is 2.91. The van der Waals surface area contributed by atoms with Crippen molar-refractivity contribution in [3.05, 3.63) is 24.5 Å². The third kappa shape index (κ3) is 3.29. The van der Waals surface area contributed by atoms with E-state index in [4.69, 9.17) is 4.98 Å². The molecule has 0 N–H and O–H groups in total. The quantitative estimate of drug-likeness (QED) is 0.853. The van der Waals surface area contributed by atoms with Crippen LogP contribution >= 0.6 is 0 Å². The summed E-state index contributed by atoms with van der Waals surface area (Å²) < 4.78 is 0. The van der Waals surface area contributed by atoms with Crippen LogP contribution in [0.25, 0.3) is 11.2 Å². The van der Waals surface area contributed by atoms with E-state index in [9.17, 15) is 0 Å². The summed E-state index contributed by atoms with van der Waals surface area (Å²) in [5, 5.41) is 0. The molecule has 0 spiro atoms. The Morgan fingerprint density at radius 1 is 0.870 bits per heavy atom. The molecule has 2 aliphatic rings. The Labute approximate surface area is 137 Å². The van der Waals surface area contributed by atoms with Gasteiger partial charge in [-0.1, -0.05) is 12.8 Å². The molecule has 5 nitrogen and oxygen atoms in total. The van der Waals surface area contributed by atoms with Crippen molar-refractivity contribution in [2.45, 2.75) is 44.6 Å². The van der Waals surface area contributed by atoms with Gasteiger partial charge in [0.15, 0.2) is 5.65 Å². The van der Waals surface area contributed by atoms with Crippen LogP contribution in [0.1, 0.15) is 38.5 Å². The van der Waals surface area contributed by atoms with Crippen molar-refractivity contribution < 1.29 is 0 Å². The van der Waals surface area contributed by atoms with Crippen molar-refractivity contribution in [1.29, 1.82) is 0 Å². The Balaban J connectivity index is 1.51. The highest BCUT2D eigenvalue weighted by atomic mass is 15.3. The van der Waals surface area contributed by atoms with E-state index in [0.717, 1.165) is 30.1 Å². The lowest BCUT2D eigenvalue weighted by Crippen LogP contribution is -2.48. The fourth-order valence-electron chi connectivity index (χ4n) is 3.94. The highest BCUT2D eigenvalue weighted by Crippen LogP contribution is 2.24. The maximum absolute atomic E-state index is 4.73. The number of fused-ring (bicyclic) bond motifs is 1. The summed E-state index contributed by atoms with van der Waals surface area (Å²) in [5.74, 6) is 1.05. The number of aromatic nitrogens is 3. The molecule has 1 atom stereocenters. The van der Waals surface area contributed by atoms with Crippen molar-refractivity contribution in [2.75, 3.05) is 31.1 Å². The van der Waals surface area contributed by atoms with E-state index in [1.807, 2.05) is 6.07 Å². The molecule has 5 heteroatoms. The maximum Gasteiger partial charge on any atom is 0.180 e. The largest absolute Gasteiger partial charge is 0.355 e. The fourth-order valence-corrected chi connectivity index (χ4v) is 3.94. The molecule has 2 fully saturated rings. The van der Waals surface area contributed by atoms with Crippen LogP contribution in [0.5, 0.6) is 0 Å². The number of hydrogen-bond donors (Lipinski definition) is 0. The number of likely N-dealkylation sites (tertiary alicyclic amines) is 1. The molecule has 4 heterocycles. The Kier molecular flexibility index (Phi) is 4.37. The number of rotatable bonds is 2. The van der Waals surface area contributed by atoms with E-state index < -0.39 is 0 Å². The number of piperidine rings is 1. The zero-order valence-corrected chi connectivity index (χ0v) is 13.7. The highest BCUT2D eigenvalue weighted by Gasteiger charge is 2.26. The van der Waals surface area contributed by atoms with Crippen molar-refractivity contribution in [2.24, 2.45) is 0 Å². The SMILES string of the molecule is c1cnc2nc(N3CCC[C@@H](N4CCCCCC4)C3)ccc2n1. The monoisotopic (exact) mass is 311 g/mol. The van der Waals surface area contributed by atoms with Gasteiger partial charge in [-0.25, -0.2) is 9.97 Å². The van der Waals surface area contributed by atoms with E-state index >= 15 is 0 Å². The summed E-state index contributed by atoms with van der Waals surface area (Å²) in [4.78, 5) is 18.6. The van der Waals surface area contributed by atoms with E-state index in [1.54, 1.807) is 12.4 Å². The van der Waals surface area contributed by atoms with Gasteiger partial charge in [0.1, 0.15) is 11.3 Å². The summed E-state index contributed by atoms with van der Waals surface area (Å²) in [6.07, 6.45) is 11.5. The molecule has 0 unspecified atom stereocenters. The molecule has 0 radical (unpaired) electrons. The van der Waals surface area contributed by atoms with Crippen LogP contribution in [-0.2, 0) is 0 Å². The molecular formula is C18H25N5. The Bertz CT molecular complexity index is 651. The van der Waals surface area contributed by atoms with Gasteiger partial charge < -0.3 is 4.90 Å². The van der Waals surface area contributed by atoms with Gasteiger partial charge in [-0.2, -0.15) is 0 Å². The van der Waals surface area contributed by atoms with Gasteiger partial charge in [0.05, 0.1) is 0 Å². The van der Waals surface area contributed by atoms with Crippen molar-refractivity contribution in [3.63, 3.8) is 0 Å². The second-order valence-electron chi connectivity index (χ2n) is 6.76. The van der Waals surface area contributed by atoms with Crippen molar-refractivity contribution in [3.8, 4) is 0 Å². The zero-order valence-electron chi connectivity index (χ0n) is 13.7. The van der Waals surface area contributed by atoms with Gasteiger partial charge >= 0.3 is 0 Å². The van der Waals surface area contributed by atoms with Crippen LogP contribution in [0.4, 0.5) is 5.82 Å². The second kappa shape index (κ2) is 6.79. The van der Waals surface area contributed by atoms with Crippen LogP contribution in [0.2, 0.25) is 0 Å². The molecular weight excluding hydrogens is 286 g/mol. The summed E-state index contributed by atoms with van der Waals surface area (Å²) in [6.45, 7) is 4.74. The normalized spacial score (nSPS) is 23.8. The number of hydrogen-bond acceptors (Lipinski definition) is 5. The van der Waals surface area contributed by atoms with Crippen molar-refractivity contribution in [1.82, 2.24) is 19.9 Å². The first-order valence-electron chi connectivity index (χ1n) is 8.97. The molecule has 4 rings (SSSR count). The van der Waals surface area contributed by atoms with Gasteiger partial charge in [0.25, 0.3) is 0 Å². The minimum atomic E-state index is 0.682. The van der Waals surface area contributed by atoms with Crippen LogP contribution in [0, 0.1) is 0 Å². The van der Waals surface area contributed by atoms with Crippen molar-refractivity contribution >= 4 is 17.0 Å². The van der Waals surface area contributed by atoms with E-state index in [0.29, 0.717) is 6.04 Å². The average molecular weight is 311 g/mol. The van der Waals surface area contributed by atoms with Gasteiger partial charge in [-0.3, -0.25) is 9.88 Å². The predicted octanol–water partition coefficient (Wildman–Crippen LogP) is 2.87. The van der Waals surface area contributed by atoms with Gasteiger partial charge in [-0.05, 0) is 50.9 Å². The molecule has 2 saturated heterocycles. The Morgan fingerprint density at radius 3 is 2.57 bits per heavy atom. The first kappa shape index (κ1) is 14.8.